The molecule has 1 fully saturated rings. The van der Waals surface area contributed by atoms with E-state index in [1.54, 1.807) is 48.5 Å². The first-order valence-corrected chi connectivity index (χ1v) is 12.1. The molecule has 1 N–H and O–H groups in total. The molecule has 0 atom stereocenters. The molecule has 35 heavy (non-hydrogen) atoms. The van der Waals surface area contributed by atoms with E-state index in [1.807, 2.05) is 38.1 Å². The SMILES string of the molecule is Cc1cccc(NC(=O)COc2cccc(/C=C3\SC(=O)N(Cc4ccccc4Cl)C3=O)c2)c1C. The molecule has 8 heteroatoms. The maximum Gasteiger partial charge on any atom is 0.293 e. The van der Waals surface area contributed by atoms with Crippen LogP contribution in [0, 0.1) is 13.8 Å². The summed E-state index contributed by atoms with van der Waals surface area (Å²) in [5, 5.41) is 3.01. The fourth-order valence-corrected chi connectivity index (χ4v) is 4.53. The number of imide groups is 1. The van der Waals surface area contributed by atoms with Gasteiger partial charge in [-0.1, -0.05) is 54.1 Å². The zero-order chi connectivity index (χ0) is 24.9. The third kappa shape index (κ3) is 5.93. The molecule has 6 nitrogen and oxygen atoms in total. The molecule has 0 aromatic heterocycles. The van der Waals surface area contributed by atoms with Gasteiger partial charge in [-0.3, -0.25) is 19.3 Å². The summed E-state index contributed by atoms with van der Waals surface area (Å²) < 4.78 is 5.65. The number of aryl methyl sites for hydroxylation is 1. The summed E-state index contributed by atoms with van der Waals surface area (Å²) in [4.78, 5) is 39.1. The maximum atomic E-state index is 12.8. The van der Waals surface area contributed by atoms with Crippen molar-refractivity contribution in [1.82, 2.24) is 4.90 Å². The summed E-state index contributed by atoms with van der Waals surface area (Å²) in [6, 6.07) is 19.8. The van der Waals surface area contributed by atoms with Crippen LogP contribution in [0.4, 0.5) is 10.5 Å². The van der Waals surface area contributed by atoms with Crippen molar-refractivity contribution in [2.75, 3.05) is 11.9 Å². The quantitative estimate of drug-likeness (QED) is 0.385. The van der Waals surface area contributed by atoms with Crippen molar-refractivity contribution in [3.8, 4) is 5.75 Å². The van der Waals surface area contributed by atoms with Crippen LogP contribution >= 0.6 is 23.4 Å². The molecule has 3 aromatic carbocycles. The Morgan fingerprint density at radius 2 is 1.83 bits per heavy atom. The molecule has 4 rings (SSSR count). The Morgan fingerprint density at radius 3 is 2.63 bits per heavy atom. The Morgan fingerprint density at radius 1 is 1.06 bits per heavy atom. The first kappa shape index (κ1) is 24.6. The lowest BCUT2D eigenvalue weighted by molar-refractivity contribution is -0.123. The number of nitrogens with zero attached hydrogens (tertiary/aromatic N) is 1. The van der Waals surface area contributed by atoms with Crippen molar-refractivity contribution >= 4 is 52.2 Å². The number of carbonyl (C=O) groups excluding carboxylic acids is 3. The predicted octanol–water partition coefficient (Wildman–Crippen LogP) is 6.21. The van der Waals surface area contributed by atoms with Crippen molar-refractivity contribution in [3.63, 3.8) is 0 Å². The standard InChI is InChI=1S/C27H23ClN2O4S/c1-17-7-5-12-23(18(17)2)29-25(31)16-34-21-10-6-8-19(13-21)14-24-26(32)30(27(33)35-24)15-20-9-3-4-11-22(20)28/h3-14H,15-16H2,1-2H3,(H,29,31)/b24-14-. The summed E-state index contributed by atoms with van der Waals surface area (Å²) in [5.74, 6) is -0.172. The number of anilines is 1. The van der Waals surface area contributed by atoms with E-state index in [0.29, 0.717) is 26.8 Å². The number of carbonyl (C=O) groups is 3. The van der Waals surface area contributed by atoms with Gasteiger partial charge >= 0.3 is 0 Å². The first-order valence-electron chi connectivity index (χ1n) is 10.9. The molecule has 1 heterocycles. The number of amides is 3. The van der Waals surface area contributed by atoms with Crippen LogP contribution in [0.25, 0.3) is 6.08 Å². The average Bonchev–Trinajstić information content (AvgIpc) is 3.09. The van der Waals surface area contributed by atoms with Gasteiger partial charge in [-0.15, -0.1) is 0 Å². The smallest absolute Gasteiger partial charge is 0.293 e. The monoisotopic (exact) mass is 506 g/mol. The molecule has 0 bridgehead atoms. The van der Waals surface area contributed by atoms with Gasteiger partial charge in [0.05, 0.1) is 11.4 Å². The molecule has 1 aliphatic heterocycles. The predicted molar refractivity (Wildman–Crippen MR) is 139 cm³/mol. The van der Waals surface area contributed by atoms with Crippen LogP contribution in [0.15, 0.2) is 71.6 Å². The van der Waals surface area contributed by atoms with E-state index in [4.69, 9.17) is 16.3 Å². The molecule has 0 aliphatic carbocycles. The topological polar surface area (TPSA) is 75.7 Å². The largest absolute Gasteiger partial charge is 0.484 e. The van der Waals surface area contributed by atoms with E-state index >= 15 is 0 Å². The van der Waals surface area contributed by atoms with Crippen LogP contribution in [0.1, 0.15) is 22.3 Å². The van der Waals surface area contributed by atoms with Gasteiger partial charge in [0.25, 0.3) is 17.1 Å². The van der Waals surface area contributed by atoms with E-state index in [0.717, 1.165) is 28.6 Å². The highest BCUT2D eigenvalue weighted by atomic mass is 35.5. The van der Waals surface area contributed by atoms with E-state index in [-0.39, 0.29) is 30.2 Å². The van der Waals surface area contributed by atoms with E-state index in [2.05, 4.69) is 5.32 Å². The number of ether oxygens (including phenoxy) is 1. The average molecular weight is 507 g/mol. The molecule has 1 aliphatic rings. The minimum absolute atomic E-state index is 0.111. The minimum Gasteiger partial charge on any atom is -0.484 e. The van der Waals surface area contributed by atoms with Gasteiger partial charge in [0.15, 0.2) is 6.61 Å². The Labute approximate surface area is 212 Å². The highest BCUT2D eigenvalue weighted by Crippen LogP contribution is 2.34. The van der Waals surface area contributed by atoms with E-state index < -0.39 is 0 Å². The number of benzene rings is 3. The molecule has 0 radical (unpaired) electrons. The third-order valence-electron chi connectivity index (χ3n) is 5.56. The minimum atomic E-state index is -0.376. The molecule has 1 saturated heterocycles. The number of hydrogen-bond acceptors (Lipinski definition) is 5. The molecule has 0 spiro atoms. The van der Waals surface area contributed by atoms with Crippen LogP contribution in [-0.4, -0.2) is 28.6 Å². The number of nitrogens with one attached hydrogen (secondary N) is 1. The summed E-state index contributed by atoms with van der Waals surface area (Å²) in [6.45, 7) is 3.88. The Bertz CT molecular complexity index is 1340. The number of rotatable bonds is 7. The van der Waals surface area contributed by atoms with Crippen LogP contribution in [0.3, 0.4) is 0 Å². The van der Waals surface area contributed by atoms with Gasteiger partial charge in [0.2, 0.25) is 0 Å². The van der Waals surface area contributed by atoms with Gasteiger partial charge in [0.1, 0.15) is 5.75 Å². The van der Waals surface area contributed by atoms with Crippen molar-refractivity contribution in [2.45, 2.75) is 20.4 Å². The molecular weight excluding hydrogens is 484 g/mol. The summed E-state index contributed by atoms with van der Waals surface area (Å²) in [5.41, 5.74) is 4.23. The zero-order valence-corrected chi connectivity index (χ0v) is 20.8. The van der Waals surface area contributed by atoms with Gasteiger partial charge < -0.3 is 10.1 Å². The molecular formula is C27H23ClN2O4S. The second-order valence-electron chi connectivity index (χ2n) is 8.02. The molecule has 178 valence electrons. The van der Waals surface area contributed by atoms with Crippen LogP contribution in [0.2, 0.25) is 5.02 Å². The van der Waals surface area contributed by atoms with Crippen LogP contribution in [0.5, 0.6) is 5.75 Å². The highest BCUT2D eigenvalue weighted by Gasteiger charge is 2.35. The van der Waals surface area contributed by atoms with Crippen LogP contribution in [-0.2, 0) is 16.1 Å². The number of thioether (sulfide) groups is 1. The van der Waals surface area contributed by atoms with Gasteiger partial charge in [-0.05, 0) is 78.2 Å². The van der Waals surface area contributed by atoms with Crippen molar-refractivity contribution in [1.29, 1.82) is 0 Å². The van der Waals surface area contributed by atoms with Crippen molar-refractivity contribution in [2.24, 2.45) is 0 Å². The number of hydrogen-bond donors (Lipinski definition) is 1. The zero-order valence-electron chi connectivity index (χ0n) is 19.2. The van der Waals surface area contributed by atoms with Gasteiger partial charge in [-0.2, -0.15) is 0 Å². The van der Waals surface area contributed by atoms with Crippen molar-refractivity contribution < 1.29 is 19.1 Å². The molecule has 3 aromatic rings. The van der Waals surface area contributed by atoms with E-state index in [9.17, 15) is 14.4 Å². The van der Waals surface area contributed by atoms with Gasteiger partial charge in [-0.25, -0.2) is 0 Å². The highest BCUT2D eigenvalue weighted by molar-refractivity contribution is 8.18. The first-order chi connectivity index (χ1) is 16.8. The van der Waals surface area contributed by atoms with Gasteiger partial charge in [0, 0.05) is 10.7 Å². The third-order valence-corrected chi connectivity index (χ3v) is 6.84. The van der Waals surface area contributed by atoms with E-state index in [1.165, 1.54) is 4.90 Å². The van der Waals surface area contributed by atoms with Crippen molar-refractivity contribution in [3.05, 3.63) is 98.9 Å². The molecule has 0 unspecified atom stereocenters. The Balaban J connectivity index is 1.40. The summed E-state index contributed by atoms with van der Waals surface area (Å²) in [7, 11) is 0. The normalized spacial score (nSPS) is 14.5. The summed E-state index contributed by atoms with van der Waals surface area (Å²) >= 11 is 7.06. The lowest BCUT2D eigenvalue weighted by Gasteiger charge is -2.13. The fraction of sp³-hybridized carbons (Fsp3) is 0.148. The second kappa shape index (κ2) is 10.8. The lowest BCUT2D eigenvalue weighted by Crippen LogP contribution is -2.27. The summed E-state index contributed by atoms with van der Waals surface area (Å²) in [6.07, 6.45) is 1.64. The number of halogens is 1. The molecule has 0 saturated carbocycles. The van der Waals surface area contributed by atoms with Crippen LogP contribution < -0.4 is 10.1 Å². The Hall–Kier alpha value is -3.55. The lowest BCUT2D eigenvalue weighted by atomic mass is 10.1. The second-order valence-corrected chi connectivity index (χ2v) is 9.42. The molecule has 3 amide bonds. The maximum absolute atomic E-state index is 12.8. The fourth-order valence-electron chi connectivity index (χ4n) is 3.50. The Kier molecular flexibility index (Phi) is 7.58.